The van der Waals surface area contributed by atoms with E-state index in [2.05, 4.69) is 16.0 Å². The van der Waals surface area contributed by atoms with Gasteiger partial charge < -0.3 is 15.6 Å². The number of piperidine rings is 1. The van der Waals surface area contributed by atoms with Crippen molar-refractivity contribution in [3.8, 4) is 5.75 Å². The Bertz CT molecular complexity index is 893. The average molecular weight is 369 g/mol. The van der Waals surface area contributed by atoms with Crippen LogP contribution in [0.1, 0.15) is 28.1 Å². The molecule has 3 N–H and O–H groups in total. The summed E-state index contributed by atoms with van der Waals surface area (Å²) >= 11 is 1.67. The molecule has 26 heavy (non-hydrogen) atoms. The minimum absolute atomic E-state index is 0.0887. The van der Waals surface area contributed by atoms with E-state index in [0.717, 1.165) is 45.4 Å². The molecule has 2 fully saturated rings. The molecule has 1 unspecified atom stereocenters. The van der Waals surface area contributed by atoms with E-state index in [0.29, 0.717) is 28.9 Å². The lowest BCUT2D eigenvalue weighted by Gasteiger charge is -2.58. The molecule has 6 rings (SSSR count). The van der Waals surface area contributed by atoms with Crippen molar-refractivity contribution >= 4 is 16.5 Å². The van der Waals surface area contributed by atoms with Crippen molar-refractivity contribution in [2.24, 2.45) is 5.92 Å². The number of nitrogens with zero attached hydrogens (tertiary/aromatic N) is 2. The Kier molecular flexibility index (Phi) is 3.09. The van der Waals surface area contributed by atoms with Crippen molar-refractivity contribution in [2.75, 3.05) is 25.4 Å². The monoisotopic (exact) mass is 369 g/mol. The van der Waals surface area contributed by atoms with E-state index in [4.69, 9.17) is 10.5 Å². The van der Waals surface area contributed by atoms with Crippen LogP contribution in [0.2, 0.25) is 0 Å². The van der Waals surface area contributed by atoms with E-state index in [1.807, 2.05) is 12.1 Å². The van der Waals surface area contributed by atoms with Gasteiger partial charge in [-0.05, 0) is 55.0 Å². The van der Waals surface area contributed by atoms with Crippen molar-refractivity contribution in [3.63, 3.8) is 0 Å². The molecule has 2 aliphatic heterocycles. The van der Waals surface area contributed by atoms with Gasteiger partial charge >= 0.3 is 0 Å². The van der Waals surface area contributed by atoms with Crippen molar-refractivity contribution in [1.82, 2.24) is 9.88 Å². The fourth-order valence-corrected chi connectivity index (χ4v) is 6.77. The van der Waals surface area contributed by atoms with E-state index >= 15 is 0 Å². The predicted octanol–water partition coefficient (Wildman–Crippen LogP) is 2.11. The zero-order valence-electron chi connectivity index (χ0n) is 14.6. The van der Waals surface area contributed by atoms with Gasteiger partial charge in [0.1, 0.15) is 5.75 Å². The fourth-order valence-electron chi connectivity index (χ4n) is 5.86. The number of ether oxygens (including phenoxy) is 1. The molecule has 4 atom stereocenters. The second kappa shape index (κ2) is 5.21. The Hall–Kier alpha value is -1.63. The minimum Gasteiger partial charge on any atom is -0.508 e. The fraction of sp³-hybridized carbons (Fsp3) is 0.550. The number of phenolic OH excluding ortho intramolecular Hbond substituents is 1. The first-order valence-corrected chi connectivity index (χ1v) is 10.4. The largest absolute Gasteiger partial charge is 0.508 e. The van der Waals surface area contributed by atoms with Crippen LogP contribution >= 0.6 is 11.3 Å². The molecule has 0 spiro atoms. The van der Waals surface area contributed by atoms with Crippen LogP contribution in [0.5, 0.6) is 5.75 Å². The lowest BCUT2D eigenvalue weighted by molar-refractivity contribution is 0.00463. The van der Waals surface area contributed by atoms with Crippen LogP contribution in [-0.4, -0.2) is 46.8 Å². The van der Waals surface area contributed by atoms with Gasteiger partial charge in [-0.1, -0.05) is 6.07 Å². The first-order chi connectivity index (χ1) is 12.6. The second-order valence-corrected chi connectivity index (χ2v) is 9.49. The zero-order valence-corrected chi connectivity index (χ0v) is 15.5. The number of fused-ring (bicyclic) bond motifs is 2. The number of likely N-dealkylation sites (tertiary alicyclic amines) is 1. The number of rotatable bonds is 2. The summed E-state index contributed by atoms with van der Waals surface area (Å²) in [5, 5.41) is 10.9. The van der Waals surface area contributed by atoms with E-state index in [-0.39, 0.29) is 5.41 Å². The normalized spacial score (nSPS) is 34.7. The third-order valence-electron chi connectivity index (χ3n) is 7.07. The standard InChI is InChI=1S/C20H23N3O2S/c21-19-22-16-8-20-3-4-23(9-13-10-25-13)17(15(20)7-18(16)26-19)5-11-1-2-12(24)6-14(11)20/h1-2,6,13,15,17,24H,3-5,7-10H2,(H2,21,22)/t13?,15-,17+,20+/m0/s1. The zero-order chi connectivity index (χ0) is 17.5. The number of thiazole rings is 1. The van der Waals surface area contributed by atoms with Gasteiger partial charge in [0.05, 0.1) is 18.4 Å². The Morgan fingerprint density at radius 3 is 3.12 bits per heavy atom. The van der Waals surface area contributed by atoms with Crippen molar-refractivity contribution in [3.05, 3.63) is 39.9 Å². The maximum absolute atomic E-state index is 10.2. The molecule has 2 saturated heterocycles. The molecule has 2 bridgehead atoms. The molecule has 1 aromatic carbocycles. The molecule has 2 aromatic rings. The molecule has 4 aliphatic rings. The number of nitrogen functional groups attached to an aromatic ring is 1. The van der Waals surface area contributed by atoms with Gasteiger partial charge in [-0.2, -0.15) is 0 Å². The van der Waals surface area contributed by atoms with Crippen LogP contribution in [0.15, 0.2) is 18.2 Å². The second-order valence-electron chi connectivity index (χ2n) is 8.38. The van der Waals surface area contributed by atoms with E-state index < -0.39 is 0 Å². The van der Waals surface area contributed by atoms with Gasteiger partial charge in [-0.25, -0.2) is 4.98 Å². The summed E-state index contributed by atoms with van der Waals surface area (Å²) in [5.74, 6) is 0.948. The summed E-state index contributed by atoms with van der Waals surface area (Å²) in [6, 6.07) is 6.55. The Balaban J connectivity index is 1.50. The number of aromatic nitrogens is 1. The highest BCUT2D eigenvalue weighted by atomic mass is 32.1. The average Bonchev–Trinajstić information content (AvgIpc) is 3.35. The Morgan fingerprint density at radius 1 is 1.38 bits per heavy atom. The van der Waals surface area contributed by atoms with Gasteiger partial charge in [0.25, 0.3) is 0 Å². The van der Waals surface area contributed by atoms with Gasteiger partial charge in [0, 0.05) is 29.3 Å². The van der Waals surface area contributed by atoms with E-state index in [1.54, 1.807) is 11.3 Å². The molecular formula is C20H23N3O2S. The number of benzene rings is 1. The Morgan fingerprint density at radius 2 is 2.27 bits per heavy atom. The highest BCUT2D eigenvalue weighted by Gasteiger charge is 2.56. The third kappa shape index (κ3) is 2.12. The smallest absolute Gasteiger partial charge is 0.180 e. The van der Waals surface area contributed by atoms with Crippen LogP contribution in [0.4, 0.5) is 5.13 Å². The summed E-state index contributed by atoms with van der Waals surface area (Å²) < 4.78 is 5.53. The number of epoxide rings is 1. The Labute approximate surface area is 156 Å². The maximum Gasteiger partial charge on any atom is 0.180 e. The number of nitrogens with two attached hydrogens (primary N) is 1. The molecule has 0 saturated carbocycles. The van der Waals surface area contributed by atoms with Gasteiger partial charge in [-0.15, -0.1) is 11.3 Å². The summed E-state index contributed by atoms with van der Waals surface area (Å²) in [4.78, 5) is 8.71. The molecule has 136 valence electrons. The summed E-state index contributed by atoms with van der Waals surface area (Å²) in [6.07, 6.45) is 4.64. The number of aromatic hydroxyl groups is 1. The molecule has 0 amide bonds. The van der Waals surface area contributed by atoms with E-state index in [1.165, 1.54) is 21.7 Å². The van der Waals surface area contributed by atoms with Gasteiger partial charge in [0.2, 0.25) is 0 Å². The van der Waals surface area contributed by atoms with Crippen molar-refractivity contribution < 1.29 is 9.84 Å². The lowest BCUT2D eigenvalue weighted by atomic mass is 9.53. The molecule has 3 heterocycles. The van der Waals surface area contributed by atoms with Crippen LogP contribution in [0.3, 0.4) is 0 Å². The van der Waals surface area contributed by atoms with Crippen LogP contribution in [0, 0.1) is 5.92 Å². The quantitative estimate of drug-likeness (QED) is 0.793. The molecule has 5 nitrogen and oxygen atoms in total. The highest BCUT2D eigenvalue weighted by Crippen LogP contribution is 2.55. The van der Waals surface area contributed by atoms with Crippen LogP contribution < -0.4 is 5.73 Å². The molecular weight excluding hydrogens is 346 g/mol. The number of hydrogen-bond donors (Lipinski definition) is 2. The van der Waals surface area contributed by atoms with Crippen molar-refractivity contribution in [2.45, 2.75) is 43.2 Å². The molecule has 6 heteroatoms. The number of hydrogen-bond acceptors (Lipinski definition) is 6. The lowest BCUT2D eigenvalue weighted by Crippen LogP contribution is -2.63. The molecule has 2 aliphatic carbocycles. The number of anilines is 1. The van der Waals surface area contributed by atoms with Crippen LogP contribution in [0.25, 0.3) is 0 Å². The number of phenols is 1. The molecule has 1 aromatic heterocycles. The van der Waals surface area contributed by atoms with E-state index in [9.17, 15) is 5.11 Å². The summed E-state index contributed by atoms with van der Waals surface area (Å²) in [7, 11) is 0. The minimum atomic E-state index is 0.0887. The van der Waals surface area contributed by atoms with Gasteiger partial charge in [0.15, 0.2) is 5.13 Å². The summed E-state index contributed by atoms with van der Waals surface area (Å²) in [6.45, 7) is 3.08. The first kappa shape index (κ1) is 15.4. The van der Waals surface area contributed by atoms with Crippen molar-refractivity contribution in [1.29, 1.82) is 0 Å². The highest BCUT2D eigenvalue weighted by molar-refractivity contribution is 7.15. The molecule has 0 radical (unpaired) electrons. The predicted molar refractivity (Wildman–Crippen MR) is 101 cm³/mol. The SMILES string of the molecule is Nc1nc2c(s1)C[C@H]1[C@H]3Cc4ccc(O)cc4[C@@]1(CCN3CC1CO1)C2. The third-order valence-corrected chi connectivity index (χ3v) is 8.02. The summed E-state index contributed by atoms with van der Waals surface area (Å²) in [5.41, 5.74) is 10.1. The topological polar surface area (TPSA) is 74.9 Å². The van der Waals surface area contributed by atoms with Gasteiger partial charge in [-0.3, -0.25) is 4.90 Å². The first-order valence-electron chi connectivity index (χ1n) is 9.54. The van der Waals surface area contributed by atoms with Crippen LogP contribution in [-0.2, 0) is 29.4 Å². The maximum atomic E-state index is 10.2.